The molecule has 0 aliphatic heterocycles. The SMILES string of the molecule is C=Cn1cc(CNCC(OCC)OCC)cn1. The number of nitrogens with one attached hydrogen (secondary N) is 1. The van der Waals surface area contributed by atoms with Gasteiger partial charge in [-0.1, -0.05) is 6.58 Å². The van der Waals surface area contributed by atoms with Gasteiger partial charge in [0.2, 0.25) is 0 Å². The third kappa shape index (κ3) is 5.12. The molecule has 0 fully saturated rings. The molecule has 0 amide bonds. The molecule has 0 radical (unpaired) electrons. The monoisotopic (exact) mass is 239 g/mol. The van der Waals surface area contributed by atoms with Crippen LogP contribution in [0.15, 0.2) is 19.0 Å². The van der Waals surface area contributed by atoms with Crippen LogP contribution in [0.4, 0.5) is 0 Å². The number of rotatable bonds is 9. The molecule has 0 spiro atoms. The standard InChI is InChI=1S/C12H21N3O2/c1-4-15-10-11(8-14-15)7-13-9-12(16-5-2)17-6-3/h4,8,10,12-13H,1,5-7,9H2,2-3H3. The molecule has 0 unspecified atom stereocenters. The van der Waals surface area contributed by atoms with Gasteiger partial charge in [-0.3, -0.25) is 0 Å². The Morgan fingerprint density at radius 1 is 1.47 bits per heavy atom. The van der Waals surface area contributed by atoms with Crippen molar-refractivity contribution >= 4 is 6.20 Å². The van der Waals surface area contributed by atoms with Crippen LogP contribution in [0.2, 0.25) is 0 Å². The Kier molecular flexibility index (Phi) is 6.54. The first-order valence-corrected chi connectivity index (χ1v) is 5.89. The molecule has 1 aromatic rings. The number of hydrogen-bond donors (Lipinski definition) is 1. The highest BCUT2D eigenvalue weighted by atomic mass is 16.7. The number of nitrogens with zero attached hydrogens (tertiary/aromatic N) is 2. The van der Waals surface area contributed by atoms with Crippen LogP contribution in [0.3, 0.4) is 0 Å². The molecule has 0 atom stereocenters. The Balaban J connectivity index is 2.27. The molecule has 96 valence electrons. The highest BCUT2D eigenvalue weighted by Gasteiger charge is 2.07. The van der Waals surface area contributed by atoms with Crippen LogP contribution in [0.25, 0.3) is 6.20 Å². The van der Waals surface area contributed by atoms with E-state index < -0.39 is 0 Å². The smallest absolute Gasteiger partial charge is 0.169 e. The molecular weight excluding hydrogens is 218 g/mol. The molecule has 5 nitrogen and oxygen atoms in total. The second kappa shape index (κ2) is 8.00. The van der Waals surface area contributed by atoms with E-state index in [4.69, 9.17) is 9.47 Å². The van der Waals surface area contributed by atoms with Crippen LogP contribution >= 0.6 is 0 Å². The van der Waals surface area contributed by atoms with Crippen molar-refractivity contribution in [1.29, 1.82) is 0 Å². The van der Waals surface area contributed by atoms with Crippen LogP contribution in [0, 0.1) is 0 Å². The van der Waals surface area contributed by atoms with Gasteiger partial charge in [0, 0.05) is 44.3 Å². The minimum atomic E-state index is -0.181. The summed E-state index contributed by atoms with van der Waals surface area (Å²) >= 11 is 0. The van der Waals surface area contributed by atoms with E-state index in [1.807, 2.05) is 26.2 Å². The fourth-order valence-corrected chi connectivity index (χ4v) is 1.44. The summed E-state index contributed by atoms with van der Waals surface area (Å²) in [5.74, 6) is 0. The average Bonchev–Trinajstić information content (AvgIpc) is 2.77. The van der Waals surface area contributed by atoms with E-state index in [2.05, 4.69) is 17.0 Å². The topological polar surface area (TPSA) is 48.3 Å². The molecular formula is C12H21N3O2. The third-order valence-electron chi connectivity index (χ3n) is 2.19. The Labute approximate surface area is 102 Å². The van der Waals surface area contributed by atoms with Gasteiger partial charge in [0.05, 0.1) is 6.20 Å². The van der Waals surface area contributed by atoms with Crippen molar-refractivity contribution < 1.29 is 9.47 Å². The van der Waals surface area contributed by atoms with E-state index in [9.17, 15) is 0 Å². The van der Waals surface area contributed by atoms with E-state index in [-0.39, 0.29) is 6.29 Å². The molecule has 1 aromatic heterocycles. The second-order valence-corrected chi connectivity index (χ2v) is 3.48. The van der Waals surface area contributed by atoms with Crippen LogP contribution in [-0.2, 0) is 16.0 Å². The van der Waals surface area contributed by atoms with E-state index >= 15 is 0 Å². The maximum Gasteiger partial charge on any atom is 0.169 e. The van der Waals surface area contributed by atoms with E-state index in [0.717, 1.165) is 12.1 Å². The summed E-state index contributed by atoms with van der Waals surface area (Å²) in [7, 11) is 0. The van der Waals surface area contributed by atoms with Crippen molar-refractivity contribution in [2.24, 2.45) is 0 Å². The zero-order chi connectivity index (χ0) is 12.5. The molecule has 0 bridgehead atoms. The lowest BCUT2D eigenvalue weighted by molar-refractivity contribution is -0.133. The summed E-state index contributed by atoms with van der Waals surface area (Å²) in [6, 6.07) is 0. The Morgan fingerprint density at radius 3 is 2.71 bits per heavy atom. The van der Waals surface area contributed by atoms with E-state index in [0.29, 0.717) is 19.8 Å². The zero-order valence-electron chi connectivity index (χ0n) is 10.6. The molecule has 0 aromatic carbocycles. The summed E-state index contributed by atoms with van der Waals surface area (Å²) in [4.78, 5) is 0. The number of ether oxygens (including phenoxy) is 2. The average molecular weight is 239 g/mol. The van der Waals surface area contributed by atoms with Crippen LogP contribution in [-0.4, -0.2) is 35.8 Å². The lowest BCUT2D eigenvalue weighted by atomic mass is 10.3. The predicted molar refractivity (Wildman–Crippen MR) is 67.4 cm³/mol. The van der Waals surface area contributed by atoms with Crippen molar-refractivity contribution in [2.75, 3.05) is 19.8 Å². The van der Waals surface area contributed by atoms with Gasteiger partial charge < -0.3 is 14.8 Å². The van der Waals surface area contributed by atoms with Gasteiger partial charge >= 0.3 is 0 Å². The number of aromatic nitrogens is 2. The quantitative estimate of drug-likeness (QED) is 0.663. The van der Waals surface area contributed by atoms with Crippen LogP contribution < -0.4 is 5.32 Å². The Hall–Kier alpha value is -1.17. The van der Waals surface area contributed by atoms with Crippen molar-refractivity contribution in [3.8, 4) is 0 Å². The number of hydrogen-bond acceptors (Lipinski definition) is 4. The molecule has 1 rings (SSSR count). The van der Waals surface area contributed by atoms with Gasteiger partial charge in [-0.05, 0) is 13.8 Å². The summed E-state index contributed by atoms with van der Waals surface area (Å²) in [6.45, 7) is 10.3. The minimum absolute atomic E-state index is 0.181. The molecule has 0 aliphatic carbocycles. The van der Waals surface area contributed by atoms with Gasteiger partial charge in [0.15, 0.2) is 6.29 Å². The van der Waals surface area contributed by atoms with Crippen LogP contribution in [0.5, 0.6) is 0 Å². The summed E-state index contributed by atoms with van der Waals surface area (Å²) in [5, 5.41) is 7.37. The fraction of sp³-hybridized carbons (Fsp3) is 0.583. The lowest BCUT2D eigenvalue weighted by Crippen LogP contribution is -2.31. The molecule has 17 heavy (non-hydrogen) atoms. The van der Waals surface area contributed by atoms with Gasteiger partial charge in [0.25, 0.3) is 0 Å². The first-order valence-electron chi connectivity index (χ1n) is 5.89. The van der Waals surface area contributed by atoms with Crippen molar-refractivity contribution in [2.45, 2.75) is 26.7 Å². The van der Waals surface area contributed by atoms with Gasteiger partial charge in [-0.15, -0.1) is 0 Å². The molecule has 5 heteroatoms. The second-order valence-electron chi connectivity index (χ2n) is 3.48. The van der Waals surface area contributed by atoms with Crippen LogP contribution in [0.1, 0.15) is 19.4 Å². The third-order valence-corrected chi connectivity index (χ3v) is 2.19. The minimum Gasteiger partial charge on any atom is -0.352 e. The maximum absolute atomic E-state index is 5.42. The summed E-state index contributed by atoms with van der Waals surface area (Å²) in [6.07, 6.45) is 5.22. The summed E-state index contributed by atoms with van der Waals surface area (Å²) in [5.41, 5.74) is 1.11. The summed E-state index contributed by atoms with van der Waals surface area (Å²) < 4.78 is 12.5. The molecule has 1 heterocycles. The fourth-order valence-electron chi connectivity index (χ4n) is 1.44. The molecule has 0 aliphatic rings. The largest absolute Gasteiger partial charge is 0.352 e. The van der Waals surface area contributed by atoms with Gasteiger partial charge in [-0.2, -0.15) is 5.10 Å². The Bertz CT molecular complexity index is 319. The van der Waals surface area contributed by atoms with Gasteiger partial charge in [-0.25, -0.2) is 4.68 Å². The maximum atomic E-state index is 5.42. The van der Waals surface area contributed by atoms with E-state index in [1.54, 1.807) is 10.9 Å². The van der Waals surface area contributed by atoms with Crippen molar-refractivity contribution in [3.63, 3.8) is 0 Å². The molecule has 1 N–H and O–H groups in total. The van der Waals surface area contributed by atoms with Crippen molar-refractivity contribution in [3.05, 3.63) is 24.5 Å². The first-order chi connectivity index (χ1) is 8.30. The first kappa shape index (κ1) is 13.9. The lowest BCUT2D eigenvalue weighted by Gasteiger charge is -2.17. The van der Waals surface area contributed by atoms with Crippen molar-refractivity contribution in [1.82, 2.24) is 15.1 Å². The zero-order valence-corrected chi connectivity index (χ0v) is 10.6. The normalized spacial score (nSPS) is 11.0. The molecule has 0 saturated carbocycles. The predicted octanol–water partition coefficient (Wildman–Crippen LogP) is 1.47. The highest BCUT2D eigenvalue weighted by molar-refractivity contribution is 5.17. The molecule has 0 saturated heterocycles. The highest BCUT2D eigenvalue weighted by Crippen LogP contribution is 1.98. The Morgan fingerprint density at radius 2 is 2.18 bits per heavy atom. The van der Waals surface area contributed by atoms with E-state index in [1.165, 1.54) is 0 Å². The van der Waals surface area contributed by atoms with Gasteiger partial charge in [0.1, 0.15) is 0 Å².